The largest absolute Gasteiger partial charge is 0.504 e. The first-order valence-electron chi connectivity index (χ1n) is 11.7. The predicted molar refractivity (Wildman–Crippen MR) is 139 cm³/mol. The summed E-state index contributed by atoms with van der Waals surface area (Å²) in [6.45, 7) is -2.23. The number of fused-ring (bicyclic) bond motifs is 2. The van der Waals surface area contributed by atoms with Gasteiger partial charge in [-0.1, -0.05) is 0 Å². The Morgan fingerprint density at radius 1 is 0.902 bits per heavy atom. The maximum atomic E-state index is 13.6. The van der Waals surface area contributed by atoms with Crippen LogP contribution >= 0.6 is 0 Å². The number of phenolic OH excluding ortho intramolecular Hbond substituents is 4. The number of aryl methyl sites for hydroxylation is 1. The fourth-order valence-corrected chi connectivity index (χ4v) is 4.28. The van der Waals surface area contributed by atoms with Crippen molar-refractivity contribution in [3.8, 4) is 34.1 Å². The van der Waals surface area contributed by atoms with Gasteiger partial charge in [-0.25, -0.2) is 4.79 Å². The quantitative estimate of drug-likeness (QED) is 0.120. The Kier molecular flexibility index (Phi) is 7.56. The number of rotatable bonds is 9. The standard InChI is InChI=1S/C26H22N2O13/c1-27-7-12(23(36)11-4-15(29)16(30)5-14(11)27)13-10-41-18-6-17(31)25(38)22(21(18)24(13)37)26(39)40-3-2-28(8-19(32)33)9-20(34)35/h4-7,10,29-31,38H,2-3,8-9H2,1H3,(H,32,33)(H,34,35). The Labute approximate surface area is 227 Å². The number of carbonyl (C=O) groups is 3. The van der Waals surface area contributed by atoms with Gasteiger partial charge in [0.05, 0.1) is 40.5 Å². The second-order valence-corrected chi connectivity index (χ2v) is 8.95. The summed E-state index contributed by atoms with van der Waals surface area (Å²) in [5.41, 5.74) is -3.19. The van der Waals surface area contributed by atoms with Crippen LogP contribution in [0.25, 0.3) is 33.0 Å². The number of nitrogens with zero attached hydrogens (tertiary/aromatic N) is 2. The topological polar surface area (TPSA) is 237 Å². The molecule has 2 heterocycles. The highest BCUT2D eigenvalue weighted by Gasteiger charge is 2.27. The lowest BCUT2D eigenvalue weighted by molar-refractivity contribution is -0.141. The van der Waals surface area contributed by atoms with E-state index in [4.69, 9.17) is 19.4 Å². The molecule has 0 radical (unpaired) electrons. The van der Waals surface area contributed by atoms with E-state index in [1.165, 1.54) is 17.8 Å². The zero-order chi connectivity index (χ0) is 30.2. The molecular formula is C26H22N2O13. The Hall–Kier alpha value is -5.57. The van der Waals surface area contributed by atoms with Crippen molar-refractivity contribution in [3.63, 3.8) is 0 Å². The van der Waals surface area contributed by atoms with Crippen LogP contribution in [0.2, 0.25) is 0 Å². The van der Waals surface area contributed by atoms with E-state index >= 15 is 0 Å². The molecule has 214 valence electrons. The summed E-state index contributed by atoms with van der Waals surface area (Å²) < 4.78 is 11.9. The number of esters is 1. The van der Waals surface area contributed by atoms with Crippen LogP contribution in [0.3, 0.4) is 0 Å². The average molecular weight is 570 g/mol. The second kappa shape index (κ2) is 10.9. The third-order valence-corrected chi connectivity index (χ3v) is 6.16. The van der Waals surface area contributed by atoms with Crippen LogP contribution in [0.5, 0.6) is 23.0 Å². The number of benzene rings is 2. The molecule has 0 unspecified atom stereocenters. The predicted octanol–water partition coefficient (Wildman–Crippen LogP) is 0.762. The van der Waals surface area contributed by atoms with E-state index in [1.807, 2.05) is 0 Å². The van der Waals surface area contributed by atoms with Crippen molar-refractivity contribution in [1.82, 2.24) is 9.47 Å². The lowest BCUT2D eigenvalue weighted by atomic mass is 10.0. The summed E-state index contributed by atoms with van der Waals surface area (Å²) in [5.74, 6) is -6.91. The summed E-state index contributed by atoms with van der Waals surface area (Å²) >= 11 is 0. The fourth-order valence-electron chi connectivity index (χ4n) is 4.28. The van der Waals surface area contributed by atoms with Gasteiger partial charge in [0.2, 0.25) is 5.43 Å². The van der Waals surface area contributed by atoms with Crippen molar-refractivity contribution in [3.05, 3.63) is 56.7 Å². The molecule has 15 nitrogen and oxygen atoms in total. The minimum absolute atomic E-state index is 0.0553. The van der Waals surface area contributed by atoms with Crippen LogP contribution in [-0.4, -0.2) is 84.3 Å². The number of carboxylic acid groups (broad SMARTS) is 2. The van der Waals surface area contributed by atoms with Crippen LogP contribution in [0.15, 0.2) is 44.7 Å². The van der Waals surface area contributed by atoms with Gasteiger partial charge in [0.1, 0.15) is 24.0 Å². The lowest BCUT2D eigenvalue weighted by Gasteiger charge is -2.18. The molecule has 0 saturated carbocycles. The molecule has 2 aromatic heterocycles. The first kappa shape index (κ1) is 28.4. The molecule has 4 rings (SSSR count). The van der Waals surface area contributed by atoms with E-state index in [9.17, 15) is 44.4 Å². The molecule has 0 aliphatic rings. The van der Waals surface area contributed by atoms with Crippen molar-refractivity contribution < 1.29 is 54.2 Å². The molecule has 0 aliphatic carbocycles. The second-order valence-electron chi connectivity index (χ2n) is 8.95. The molecule has 4 aromatic rings. The van der Waals surface area contributed by atoms with E-state index < -0.39 is 82.4 Å². The van der Waals surface area contributed by atoms with Crippen LogP contribution in [0.4, 0.5) is 0 Å². The number of ether oxygens (including phenoxy) is 1. The van der Waals surface area contributed by atoms with E-state index in [2.05, 4.69) is 0 Å². The Morgan fingerprint density at radius 2 is 1.54 bits per heavy atom. The van der Waals surface area contributed by atoms with Crippen LogP contribution in [0.1, 0.15) is 10.4 Å². The molecule has 6 N–H and O–H groups in total. The van der Waals surface area contributed by atoms with Crippen molar-refractivity contribution in [2.24, 2.45) is 7.05 Å². The number of phenols is 4. The molecule has 2 aromatic carbocycles. The van der Waals surface area contributed by atoms with E-state index in [0.29, 0.717) is 0 Å². The van der Waals surface area contributed by atoms with Gasteiger partial charge in [0.25, 0.3) is 0 Å². The number of aliphatic carboxylic acids is 2. The molecule has 0 spiro atoms. The molecule has 0 saturated heterocycles. The van der Waals surface area contributed by atoms with Gasteiger partial charge in [-0.2, -0.15) is 0 Å². The minimum atomic E-state index is -1.33. The third-order valence-electron chi connectivity index (χ3n) is 6.16. The van der Waals surface area contributed by atoms with Crippen LogP contribution < -0.4 is 10.9 Å². The normalized spacial score (nSPS) is 11.3. The third kappa shape index (κ3) is 5.46. The first-order valence-corrected chi connectivity index (χ1v) is 11.7. The molecule has 15 heteroatoms. The number of hydrogen-bond acceptors (Lipinski definition) is 12. The number of carboxylic acids is 2. The van der Waals surface area contributed by atoms with Gasteiger partial charge in [0, 0.05) is 31.9 Å². The smallest absolute Gasteiger partial charge is 0.343 e. The summed E-state index contributed by atoms with van der Waals surface area (Å²) in [6, 6.07) is 3.04. The number of carbonyl (C=O) groups excluding carboxylic acids is 1. The maximum absolute atomic E-state index is 13.6. The summed E-state index contributed by atoms with van der Waals surface area (Å²) in [5, 5.41) is 57.6. The first-order chi connectivity index (χ1) is 19.3. The summed E-state index contributed by atoms with van der Waals surface area (Å²) in [6.07, 6.45) is 2.17. The Morgan fingerprint density at radius 3 is 2.17 bits per heavy atom. The average Bonchev–Trinajstić information content (AvgIpc) is 2.88. The molecule has 0 aliphatic heterocycles. The minimum Gasteiger partial charge on any atom is -0.504 e. The van der Waals surface area contributed by atoms with E-state index in [1.54, 1.807) is 0 Å². The summed E-state index contributed by atoms with van der Waals surface area (Å²) in [4.78, 5) is 62.8. The molecular weight excluding hydrogens is 548 g/mol. The highest BCUT2D eigenvalue weighted by atomic mass is 16.5. The van der Waals surface area contributed by atoms with Gasteiger partial charge in [-0.15, -0.1) is 0 Å². The van der Waals surface area contributed by atoms with Crippen molar-refractivity contribution >= 4 is 39.8 Å². The molecule has 41 heavy (non-hydrogen) atoms. The fraction of sp³-hybridized carbons (Fsp3) is 0.192. The highest BCUT2D eigenvalue weighted by Crippen LogP contribution is 2.36. The number of hydrogen-bond donors (Lipinski definition) is 6. The van der Waals surface area contributed by atoms with Gasteiger partial charge in [-0.3, -0.25) is 24.1 Å². The molecule has 0 fully saturated rings. The SMILES string of the molecule is Cn1cc(-c2coc3cc(O)c(O)c(C(=O)OCCN(CC(=O)O)CC(=O)O)c3c2=O)c(=O)c2cc(O)c(O)cc21. The van der Waals surface area contributed by atoms with Crippen LogP contribution in [-0.2, 0) is 21.4 Å². The number of aromatic hydroxyl groups is 4. The van der Waals surface area contributed by atoms with E-state index in [0.717, 1.165) is 29.4 Å². The van der Waals surface area contributed by atoms with Gasteiger partial charge >= 0.3 is 17.9 Å². The van der Waals surface area contributed by atoms with E-state index in [-0.39, 0.29) is 34.2 Å². The molecule has 0 amide bonds. The molecule has 0 bridgehead atoms. The Balaban J connectivity index is 1.80. The van der Waals surface area contributed by atoms with Gasteiger partial charge in [0.15, 0.2) is 28.4 Å². The monoisotopic (exact) mass is 570 g/mol. The van der Waals surface area contributed by atoms with Crippen LogP contribution in [0, 0.1) is 0 Å². The van der Waals surface area contributed by atoms with Crippen molar-refractivity contribution in [2.45, 2.75) is 0 Å². The zero-order valence-electron chi connectivity index (χ0n) is 21.2. The highest BCUT2D eigenvalue weighted by molar-refractivity contribution is 6.07. The van der Waals surface area contributed by atoms with Gasteiger partial charge in [-0.05, 0) is 6.07 Å². The molecule has 0 atom stereocenters. The number of aromatic nitrogens is 1. The van der Waals surface area contributed by atoms with Crippen molar-refractivity contribution in [1.29, 1.82) is 0 Å². The van der Waals surface area contributed by atoms with Gasteiger partial charge < -0.3 is 44.4 Å². The summed E-state index contributed by atoms with van der Waals surface area (Å²) in [7, 11) is 1.51. The van der Waals surface area contributed by atoms with Crippen molar-refractivity contribution in [2.75, 3.05) is 26.2 Å². The lowest BCUT2D eigenvalue weighted by Crippen LogP contribution is -2.37. The zero-order valence-corrected chi connectivity index (χ0v) is 21.2. The maximum Gasteiger partial charge on any atom is 0.343 e. The number of pyridine rings is 1. The Bertz CT molecular complexity index is 1840.